The fraction of sp³-hybridized carbons (Fsp3) is 0.909. The van der Waals surface area contributed by atoms with Crippen LogP contribution in [-0.2, 0) is 25.6 Å². The van der Waals surface area contributed by atoms with E-state index in [9.17, 15) is 4.79 Å². The summed E-state index contributed by atoms with van der Waals surface area (Å²) in [5.74, 6) is 0.249. The number of carbonyl (C=O) groups is 1. The molecular formula is C11H24NO3PS2. The molecule has 1 amide bonds. The second-order valence-electron chi connectivity index (χ2n) is 3.77. The number of hydrogen-bond acceptors (Lipinski definition) is 5. The fourth-order valence-corrected chi connectivity index (χ4v) is 4.95. The first-order valence-corrected chi connectivity index (χ1v) is 10.5. The lowest BCUT2D eigenvalue weighted by Gasteiger charge is -2.21. The Bertz CT molecular complexity index is 263. The van der Waals surface area contributed by atoms with Gasteiger partial charge in [0.25, 0.3) is 0 Å². The number of amides is 1. The van der Waals surface area contributed by atoms with Gasteiger partial charge in [-0.05, 0) is 24.6 Å². The van der Waals surface area contributed by atoms with Crippen LogP contribution in [0, 0.1) is 0 Å². The van der Waals surface area contributed by atoms with Gasteiger partial charge in [0.05, 0.1) is 19.0 Å². The van der Waals surface area contributed by atoms with Crippen molar-refractivity contribution < 1.29 is 13.8 Å². The van der Waals surface area contributed by atoms with Crippen molar-refractivity contribution in [3.63, 3.8) is 0 Å². The standard InChI is InChI=1S/C11H24NO3PS2/c1-4-6-8-14-16(17,15-9-7-5-2)18-10-11(13)12-3/h4-10H2,1-3H3,(H,12,13). The van der Waals surface area contributed by atoms with Gasteiger partial charge < -0.3 is 14.4 Å². The molecule has 0 bridgehead atoms. The molecule has 0 aliphatic rings. The van der Waals surface area contributed by atoms with E-state index < -0.39 is 5.69 Å². The Hall–Kier alpha value is 0.390. The zero-order chi connectivity index (χ0) is 13.9. The Labute approximate surface area is 119 Å². The Morgan fingerprint density at radius 1 is 1.22 bits per heavy atom. The average Bonchev–Trinajstić information content (AvgIpc) is 2.37. The summed E-state index contributed by atoms with van der Waals surface area (Å²) in [4.78, 5) is 11.2. The van der Waals surface area contributed by atoms with Gasteiger partial charge in [-0.15, -0.1) is 0 Å². The highest BCUT2D eigenvalue weighted by Crippen LogP contribution is 2.61. The lowest BCUT2D eigenvalue weighted by molar-refractivity contribution is -0.118. The molecule has 7 heteroatoms. The molecule has 0 rings (SSSR count). The molecule has 0 aromatic carbocycles. The summed E-state index contributed by atoms with van der Waals surface area (Å²) in [6.07, 6.45) is 4.06. The van der Waals surface area contributed by atoms with Crippen molar-refractivity contribution in [1.29, 1.82) is 0 Å². The molecular weight excluding hydrogens is 289 g/mol. The quantitative estimate of drug-likeness (QED) is 0.468. The van der Waals surface area contributed by atoms with E-state index in [0.717, 1.165) is 25.7 Å². The Balaban J connectivity index is 4.20. The van der Waals surface area contributed by atoms with Crippen LogP contribution in [0.1, 0.15) is 39.5 Å². The molecule has 0 aliphatic heterocycles. The second-order valence-corrected chi connectivity index (χ2v) is 10.1. The minimum atomic E-state index is -2.36. The van der Waals surface area contributed by atoms with Crippen LogP contribution in [0.15, 0.2) is 0 Å². The zero-order valence-corrected chi connectivity index (χ0v) is 14.0. The van der Waals surface area contributed by atoms with Gasteiger partial charge in [0.1, 0.15) is 0 Å². The maximum absolute atomic E-state index is 11.2. The molecule has 0 saturated heterocycles. The lowest BCUT2D eigenvalue weighted by atomic mass is 10.4. The van der Waals surface area contributed by atoms with Crippen LogP contribution in [0.25, 0.3) is 0 Å². The van der Waals surface area contributed by atoms with Crippen LogP contribution in [0.2, 0.25) is 0 Å². The summed E-state index contributed by atoms with van der Waals surface area (Å²) in [5.41, 5.74) is -2.36. The summed E-state index contributed by atoms with van der Waals surface area (Å²) in [7, 11) is 1.61. The Kier molecular flexibility index (Phi) is 11.5. The first kappa shape index (κ1) is 18.4. The highest BCUT2D eigenvalue weighted by Gasteiger charge is 2.21. The molecule has 0 aliphatic carbocycles. The highest BCUT2D eigenvalue weighted by atomic mass is 32.9. The van der Waals surface area contributed by atoms with Gasteiger partial charge >= 0.3 is 0 Å². The topological polar surface area (TPSA) is 47.6 Å². The first-order chi connectivity index (χ1) is 8.58. The van der Waals surface area contributed by atoms with Crippen molar-refractivity contribution in [3.05, 3.63) is 0 Å². The molecule has 0 heterocycles. The van der Waals surface area contributed by atoms with Gasteiger partial charge in [-0.1, -0.05) is 38.1 Å². The van der Waals surface area contributed by atoms with Crippen LogP contribution in [0.4, 0.5) is 0 Å². The highest BCUT2D eigenvalue weighted by molar-refractivity contribution is 8.68. The summed E-state index contributed by atoms with van der Waals surface area (Å²) in [5, 5.41) is 2.57. The first-order valence-electron chi connectivity index (χ1n) is 6.32. The van der Waals surface area contributed by atoms with Crippen molar-refractivity contribution in [1.82, 2.24) is 5.32 Å². The number of hydrogen-bond donors (Lipinski definition) is 1. The van der Waals surface area contributed by atoms with Gasteiger partial charge in [-0.3, -0.25) is 4.79 Å². The molecule has 0 aromatic rings. The second kappa shape index (κ2) is 11.2. The normalized spacial score (nSPS) is 11.5. The van der Waals surface area contributed by atoms with E-state index in [-0.39, 0.29) is 5.91 Å². The number of unbranched alkanes of at least 4 members (excludes halogenated alkanes) is 2. The third kappa shape index (κ3) is 9.34. The third-order valence-corrected chi connectivity index (χ3v) is 7.38. The summed E-state index contributed by atoms with van der Waals surface area (Å²) in [6, 6.07) is 0. The van der Waals surface area contributed by atoms with E-state index in [1.54, 1.807) is 7.05 Å². The molecule has 18 heavy (non-hydrogen) atoms. The number of carbonyl (C=O) groups excluding carboxylic acids is 1. The van der Waals surface area contributed by atoms with Crippen LogP contribution in [-0.4, -0.2) is 31.9 Å². The minimum Gasteiger partial charge on any atom is -0.358 e. The predicted octanol–water partition coefficient (Wildman–Crippen LogP) is 3.32. The maximum atomic E-state index is 11.2. The summed E-state index contributed by atoms with van der Waals surface area (Å²) >= 11 is 6.77. The zero-order valence-electron chi connectivity index (χ0n) is 11.4. The van der Waals surface area contributed by atoms with Crippen molar-refractivity contribution in [2.75, 3.05) is 26.0 Å². The fourth-order valence-electron chi connectivity index (χ4n) is 0.963. The number of nitrogens with one attached hydrogen (secondary N) is 1. The maximum Gasteiger partial charge on any atom is 0.247 e. The molecule has 0 fully saturated rings. The predicted molar refractivity (Wildman–Crippen MR) is 82.5 cm³/mol. The minimum absolute atomic E-state index is 0.0487. The van der Waals surface area contributed by atoms with Crippen LogP contribution in [0.3, 0.4) is 0 Å². The molecule has 1 N–H and O–H groups in total. The van der Waals surface area contributed by atoms with E-state index in [2.05, 4.69) is 19.2 Å². The van der Waals surface area contributed by atoms with Crippen LogP contribution >= 0.6 is 17.1 Å². The smallest absolute Gasteiger partial charge is 0.247 e. The van der Waals surface area contributed by atoms with Crippen molar-refractivity contribution >= 4 is 34.8 Å². The van der Waals surface area contributed by atoms with E-state index in [1.807, 2.05) is 0 Å². The molecule has 0 unspecified atom stereocenters. The summed E-state index contributed by atoms with van der Waals surface area (Å²) < 4.78 is 11.4. The van der Waals surface area contributed by atoms with Gasteiger partial charge in [-0.25, -0.2) is 0 Å². The van der Waals surface area contributed by atoms with E-state index in [4.69, 9.17) is 20.9 Å². The molecule has 0 radical (unpaired) electrons. The molecule has 4 nitrogen and oxygen atoms in total. The van der Waals surface area contributed by atoms with E-state index >= 15 is 0 Å². The SMILES string of the molecule is CCCCOP(=S)(OCCCC)SCC(=O)NC. The van der Waals surface area contributed by atoms with Gasteiger partial charge in [0, 0.05) is 7.05 Å². The third-order valence-electron chi connectivity index (χ3n) is 2.13. The molecule has 0 saturated carbocycles. The summed E-state index contributed by atoms with van der Waals surface area (Å²) in [6.45, 7) is 5.42. The number of rotatable bonds is 11. The molecule has 108 valence electrons. The molecule has 0 aromatic heterocycles. The largest absolute Gasteiger partial charge is 0.358 e. The van der Waals surface area contributed by atoms with Crippen molar-refractivity contribution in [3.8, 4) is 0 Å². The van der Waals surface area contributed by atoms with E-state index in [0.29, 0.717) is 19.0 Å². The van der Waals surface area contributed by atoms with Crippen molar-refractivity contribution in [2.45, 2.75) is 39.5 Å². The van der Waals surface area contributed by atoms with Crippen molar-refractivity contribution in [2.24, 2.45) is 0 Å². The van der Waals surface area contributed by atoms with Gasteiger partial charge in [-0.2, -0.15) is 0 Å². The molecule has 0 spiro atoms. The van der Waals surface area contributed by atoms with Crippen LogP contribution in [0.5, 0.6) is 0 Å². The van der Waals surface area contributed by atoms with E-state index in [1.165, 1.54) is 11.4 Å². The monoisotopic (exact) mass is 313 g/mol. The average molecular weight is 313 g/mol. The van der Waals surface area contributed by atoms with Gasteiger partial charge in [0.2, 0.25) is 11.6 Å². The molecule has 0 atom stereocenters. The van der Waals surface area contributed by atoms with Crippen LogP contribution < -0.4 is 5.32 Å². The van der Waals surface area contributed by atoms with Gasteiger partial charge in [0.15, 0.2) is 0 Å². The lowest BCUT2D eigenvalue weighted by Crippen LogP contribution is -2.19. The Morgan fingerprint density at radius 2 is 1.72 bits per heavy atom. The Morgan fingerprint density at radius 3 is 2.11 bits per heavy atom.